The predicted molar refractivity (Wildman–Crippen MR) is 113 cm³/mol. The quantitative estimate of drug-likeness (QED) is 0.558. The zero-order valence-electron chi connectivity index (χ0n) is 17.2. The average Bonchev–Trinajstić information content (AvgIpc) is 3.27. The lowest BCUT2D eigenvalue weighted by molar-refractivity contribution is -0.176. The molecule has 3 rings (SSSR count). The normalized spacial score (nSPS) is 15.9. The van der Waals surface area contributed by atoms with Crippen LogP contribution < -0.4 is 16.0 Å². The summed E-state index contributed by atoms with van der Waals surface area (Å²) in [6.45, 7) is -0.345. The van der Waals surface area contributed by atoms with Crippen LogP contribution >= 0.6 is 0 Å². The van der Waals surface area contributed by atoms with Gasteiger partial charge in [-0.2, -0.15) is 13.2 Å². The minimum absolute atomic E-state index is 0.0554. The number of anilines is 2. The van der Waals surface area contributed by atoms with Crippen molar-refractivity contribution in [2.24, 2.45) is 0 Å². The molecule has 3 amide bonds. The zero-order chi connectivity index (χ0) is 23.0. The van der Waals surface area contributed by atoms with Crippen LogP contribution in [0.3, 0.4) is 0 Å². The van der Waals surface area contributed by atoms with E-state index in [-0.39, 0.29) is 24.6 Å². The van der Waals surface area contributed by atoms with Gasteiger partial charge in [0, 0.05) is 30.1 Å². The lowest BCUT2D eigenvalue weighted by atomic mass is 10.1. The Morgan fingerprint density at radius 3 is 2.25 bits per heavy atom. The maximum atomic E-state index is 12.4. The molecule has 1 aliphatic heterocycles. The molecule has 10 heteroatoms. The lowest BCUT2D eigenvalue weighted by Crippen LogP contribution is -2.35. The van der Waals surface area contributed by atoms with Crippen molar-refractivity contribution in [3.8, 4) is 0 Å². The van der Waals surface area contributed by atoms with E-state index in [1.54, 1.807) is 24.3 Å². The number of amides is 3. The van der Waals surface area contributed by atoms with Gasteiger partial charge in [0.15, 0.2) is 0 Å². The molecule has 1 saturated heterocycles. The number of alkyl halides is 3. The average molecular weight is 451 g/mol. The van der Waals surface area contributed by atoms with Crippen molar-refractivity contribution in [3.63, 3.8) is 0 Å². The second-order valence-corrected chi connectivity index (χ2v) is 7.31. The van der Waals surface area contributed by atoms with Crippen molar-refractivity contribution in [2.75, 3.05) is 30.4 Å². The molecular formula is C22H24F3N3O4. The maximum absolute atomic E-state index is 12.4. The van der Waals surface area contributed by atoms with Gasteiger partial charge in [0.25, 0.3) is 5.91 Å². The van der Waals surface area contributed by atoms with Gasteiger partial charge in [0.05, 0.1) is 12.7 Å². The van der Waals surface area contributed by atoms with Crippen molar-refractivity contribution in [2.45, 2.75) is 31.7 Å². The molecule has 0 radical (unpaired) electrons. The number of halogens is 3. The van der Waals surface area contributed by atoms with E-state index in [1.807, 2.05) is 0 Å². The third-order valence-electron chi connectivity index (χ3n) is 4.67. The van der Waals surface area contributed by atoms with Gasteiger partial charge < -0.3 is 25.4 Å². The van der Waals surface area contributed by atoms with E-state index in [0.717, 1.165) is 19.4 Å². The Morgan fingerprint density at radius 1 is 1.00 bits per heavy atom. The van der Waals surface area contributed by atoms with Crippen LogP contribution in [0.25, 0.3) is 0 Å². The third-order valence-corrected chi connectivity index (χ3v) is 4.67. The van der Waals surface area contributed by atoms with Gasteiger partial charge in [0.2, 0.25) is 0 Å². The summed E-state index contributed by atoms with van der Waals surface area (Å²) in [4.78, 5) is 24.3. The number of urea groups is 1. The molecule has 1 aliphatic rings. The minimum atomic E-state index is -4.38. The van der Waals surface area contributed by atoms with E-state index in [2.05, 4.69) is 20.7 Å². The van der Waals surface area contributed by atoms with Gasteiger partial charge in [-0.05, 0) is 54.8 Å². The molecule has 1 fully saturated rings. The van der Waals surface area contributed by atoms with E-state index in [1.165, 1.54) is 24.3 Å². The molecule has 0 aliphatic carbocycles. The monoisotopic (exact) mass is 451 g/mol. The van der Waals surface area contributed by atoms with Crippen LogP contribution in [0.1, 0.15) is 28.8 Å². The van der Waals surface area contributed by atoms with E-state index in [9.17, 15) is 22.8 Å². The second kappa shape index (κ2) is 11.0. The molecule has 1 heterocycles. The summed E-state index contributed by atoms with van der Waals surface area (Å²) in [5, 5.41) is 8.19. The molecule has 0 saturated carbocycles. The van der Waals surface area contributed by atoms with Crippen LogP contribution in [-0.2, 0) is 16.1 Å². The molecule has 0 bridgehead atoms. The molecule has 1 unspecified atom stereocenters. The fourth-order valence-corrected chi connectivity index (χ4v) is 3.06. The van der Waals surface area contributed by atoms with E-state index >= 15 is 0 Å². The fourth-order valence-electron chi connectivity index (χ4n) is 3.06. The molecule has 0 aromatic heterocycles. The molecule has 3 N–H and O–H groups in total. The van der Waals surface area contributed by atoms with Gasteiger partial charge in [0.1, 0.15) is 6.61 Å². The Labute approximate surface area is 183 Å². The van der Waals surface area contributed by atoms with Crippen molar-refractivity contribution >= 4 is 23.3 Å². The molecule has 1 atom stereocenters. The van der Waals surface area contributed by atoms with E-state index in [4.69, 9.17) is 4.74 Å². The highest BCUT2D eigenvalue weighted by molar-refractivity contribution is 6.04. The van der Waals surface area contributed by atoms with Crippen LogP contribution in [0, 0.1) is 0 Å². The van der Waals surface area contributed by atoms with E-state index in [0.29, 0.717) is 29.0 Å². The summed E-state index contributed by atoms with van der Waals surface area (Å²) in [5.74, 6) is -0.372. The minimum Gasteiger partial charge on any atom is -0.376 e. The highest BCUT2D eigenvalue weighted by Crippen LogP contribution is 2.17. The van der Waals surface area contributed by atoms with Crippen LogP contribution in [-0.4, -0.2) is 44.0 Å². The largest absolute Gasteiger partial charge is 0.411 e. The topological polar surface area (TPSA) is 88.7 Å². The first-order valence-corrected chi connectivity index (χ1v) is 10.1. The first-order valence-electron chi connectivity index (χ1n) is 10.1. The van der Waals surface area contributed by atoms with Crippen LogP contribution in [0.15, 0.2) is 48.5 Å². The number of carbonyl (C=O) groups is 2. The number of hydrogen-bond acceptors (Lipinski definition) is 4. The smallest absolute Gasteiger partial charge is 0.376 e. The molecule has 172 valence electrons. The van der Waals surface area contributed by atoms with Gasteiger partial charge >= 0.3 is 12.2 Å². The first kappa shape index (κ1) is 23.6. The van der Waals surface area contributed by atoms with Crippen molar-refractivity contribution in [3.05, 3.63) is 59.7 Å². The van der Waals surface area contributed by atoms with Gasteiger partial charge in [-0.3, -0.25) is 4.79 Å². The molecule has 2 aromatic carbocycles. The Hall–Kier alpha value is -3.11. The lowest BCUT2D eigenvalue weighted by Gasteiger charge is -2.12. The van der Waals surface area contributed by atoms with Crippen molar-refractivity contribution < 1.29 is 32.2 Å². The highest BCUT2D eigenvalue weighted by Gasteiger charge is 2.27. The zero-order valence-corrected chi connectivity index (χ0v) is 17.2. The van der Waals surface area contributed by atoms with Gasteiger partial charge in [-0.25, -0.2) is 4.79 Å². The SMILES string of the molecule is O=C(NCC1CCCO1)Nc1ccc(NC(=O)c2ccc(COCC(F)(F)F)cc2)cc1. The highest BCUT2D eigenvalue weighted by atomic mass is 19.4. The standard InChI is InChI=1S/C22H24F3N3O4/c23-22(24,25)14-31-13-15-3-5-16(6-4-15)20(29)27-17-7-9-18(10-8-17)28-21(30)26-12-19-2-1-11-32-19/h3-10,19H,1-2,11-14H2,(H,27,29)(H2,26,28,30). The number of hydrogen-bond donors (Lipinski definition) is 3. The molecule has 7 nitrogen and oxygen atoms in total. The van der Waals surface area contributed by atoms with Crippen LogP contribution in [0.5, 0.6) is 0 Å². The third kappa shape index (κ3) is 7.86. The Kier molecular flexibility index (Phi) is 8.07. The molecule has 2 aromatic rings. The Bertz CT molecular complexity index is 896. The summed E-state index contributed by atoms with van der Waals surface area (Å²) in [5.41, 5.74) is 1.97. The van der Waals surface area contributed by atoms with Gasteiger partial charge in [-0.15, -0.1) is 0 Å². The summed E-state index contributed by atoms with van der Waals surface area (Å²) < 4.78 is 46.4. The summed E-state index contributed by atoms with van der Waals surface area (Å²) in [6, 6.07) is 12.4. The fraction of sp³-hybridized carbons (Fsp3) is 0.364. The molecular weight excluding hydrogens is 427 g/mol. The molecule has 0 spiro atoms. The maximum Gasteiger partial charge on any atom is 0.411 e. The number of ether oxygens (including phenoxy) is 2. The number of benzene rings is 2. The number of nitrogens with one attached hydrogen (secondary N) is 3. The predicted octanol–water partition coefficient (Wildman–Crippen LogP) is 4.32. The molecule has 32 heavy (non-hydrogen) atoms. The summed E-state index contributed by atoms with van der Waals surface area (Å²) in [6.07, 6.45) is -2.39. The summed E-state index contributed by atoms with van der Waals surface area (Å²) in [7, 11) is 0. The van der Waals surface area contributed by atoms with E-state index < -0.39 is 12.8 Å². The second-order valence-electron chi connectivity index (χ2n) is 7.31. The van der Waals surface area contributed by atoms with Crippen molar-refractivity contribution in [1.29, 1.82) is 0 Å². The first-order chi connectivity index (χ1) is 15.3. The van der Waals surface area contributed by atoms with Crippen LogP contribution in [0.2, 0.25) is 0 Å². The Morgan fingerprint density at radius 2 is 1.66 bits per heavy atom. The van der Waals surface area contributed by atoms with Crippen molar-refractivity contribution in [1.82, 2.24) is 5.32 Å². The van der Waals surface area contributed by atoms with Crippen LogP contribution in [0.4, 0.5) is 29.3 Å². The number of carbonyl (C=O) groups excluding carboxylic acids is 2. The summed E-state index contributed by atoms with van der Waals surface area (Å²) >= 11 is 0. The van der Waals surface area contributed by atoms with Gasteiger partial charge in [-0.1, -0.05) is 12.1 Å². The number of rotatable bonds is 8. The Balaban J connectivity index is 1.44.